The van der Waals surface area contributed by atoms with Gasteiger partial charge >= 0.3 is 5.97 Å². The van der Waals surface area contributed by atoms with Gasteiger partial charge in [0, 0.05) is 19.8 Å². The Bertz CT molecular complexity index is 324. The predicted octanol–water partition coefficient (Wildman–Crippen LogP) is 5.03. The summed E-state index contributed by atoms with van der Waals surface area (Å²) < 4.78 is 5.69. The Morgan fingerprint density at radius 2 is 1.29 bits per heavy atom. The first-order valence-electron chi connectivity index (χ1n) is 9.59. The molecule has 0 saturated heterocycles. The number of hydrogen-bond donors (Lipinski definition) is 2. The maximum Gasteiger partial charge on any atom is 0.303 e. The fraction of sp³-hybridized carbons (Fsp3) is 0.950. The monoisotopic (exact) mass is 344 g/mol. The smallest absolute Gasteiger partial charge is 0.303 e. The molecule has 0 heterocycles. The molecular formula is C20H40O4. The third-order valence-corrected chi connectivity index (χ3v) is 4.68. The van der Waals surface area contributed by atoms with Crippen molar-refractivity contribution in [1.82, 2.24) is 0 Å². The van der Waals surface area contributed by atoms with Crippen LogP contribution >= 0.6 is 0 Å². The topological polar surface area (TPSA) is 66.8 Å². The van der Waals surface area contributed by atoms with Gasteiger partial charge in [-0.05, 0) is 49.4 Å². The second-order valence-corrected chi connectivity index (χ2v) is 8.61. The number of aliphatic hydroxyl groups excluding tert-OH is 1. The van der Waals surface area contributed by atoms with Gasteiger partial charge < -0.3 is 14.9 Å². The van der Waals surface area contributed by atoms with Crippen molar-refractivity contribution in [2.45, 2.75) is 91.9 Å². The quantitative estimate of drug-likeness (QED) is 0.385. The van der Waals surface area contributed by atoms with Crippen LogP contribution in [0.2, 0.25) is 0 Å². The van der Waals surface area contributed by atoms with Crippen molar-refractivity contribution >= 4 is 5.97 Å². The van der Waals surface area contributed by atoms with Crippen molar-refractivity contribution < 1.29 is 19.7 Å². The van der Waals surface area contributed by atoms with E-state index >= 15 is 0 Å². The molecule has 0 saturated carbocycles. The summed E-state index contributed by atoms with van der Waals surface area (Å²) in [5.41, 5.74) is 0.223. The minimum Gasteiger partial charge on any atom is -0.481 e. The molecule has 0 aliphatic heterocycles. The van der Waals surface area contributed by atoms with Crippen LogP contribution in [0.4, 0.5) is 0 Å². The van der Waals surface area contributed by atoms with Crippen LogP contribution in [0.5, 0.6) is 0 Å². The van der Waals surface area contributed by atoms with Crippen molar-refractivity contribution in [3.8, 4) is 0 Å². The van der Waals surface area contributed by atoms with E-state index in [9.17, 15) is 4.79 Å². The van der Waals surface area contributed by atoms with Gasteiger partial charge in [0.15, 0.2) is 0 Å². The zero-order chi connectivity index (χ0) is 18.5. The first-order chi connectivity index (χ1) is 11.2. The number of carboxylic acids is 1. The fourth-order valence-corrected chi connectivity index (χ4v) is 3.07. The molecule has 144 valence electrons. The van der Waals surface area contributed by atoms with E-state index in [0.29, 0.717) is 12.0 Å². The standard InChI is InChI=1S/C20H40O4/c1-19(2,13-10-14-21)11-7-9-16-24-15-8-5-6-12-20(3,4)17-18(22)23/h21H,5-17H2,1-4H3,(H,22,23). The van der Waals surface area contributed by atoms with Gasteiger partial charge in [-0.3, -0.25) is 4.79 Å². The lowest BCUT2D eigenvalue weighted by molar-refractivity contribution is -0.139. The second-order valence-electron chi connectivity index (χ2n) is 8.61. The normalized spacial score (nSPS) is 12.5. The molecule has 0 rings (SSSR count). The zero-order valence-electron chi connectivity index (χ0n) is 16.4. The van der Waals surface area contributed by atoms with Crippen molar-refractivity contribution in [3.63, 3.8) is 0 Å². The van der Waals surface area contributed by atoms with Crippen molar-refractivity contribution in [2.24, 2.45) is 10.8 Å². The van der Waals surface area contributed by atoms with Crippen LogP contribution in [0.3, 0.4) is 0 Å². The van der Waals surface area contributed by atoms with Gasteiger partial charge in [-0.1, -0.05) is 47.0 Å². The van der Waals surface area contributed by atoms with Crippen LogP contribution in [-0.4, -0.2) is 36.0 Å². The summed E-state index contributed by atoms with van der Waals surface area (Å²) in [6.07, 6.45) is 9.91. The van der Waals surface area contributed by atoms with Crippen molar-refractivity contribution in [3.05, 3.63) is 0 Å². The third-order valence-electron chi connectivity index (χ3n) is 4.68. The molecule has 0 aliphatic carbocycles. The molecule has 0 spiro atoms. The van der Waals surface area contributed by atoms with E-state index in [-0.39, 0.29) is 11.8 Å². The van der Waals surface area contributed by atoms with Gasteiger partial charge in [0.05, 0.1) is 6.42 Å². The van der Waals surface area contributed by atoms with Crippen molar-refractivity contribution in [2.75, 3.05) is 19.8 Å². The van der Waals surface area contributed by atoms with Crippen LogP contribution in [0.15, 0.2) is 0 Å². The first kappa shape index (κ1) is 23.4. The Balaban J connectivity index is 3.44. The average Bonchev–Trinajstić information content (AvgIpc) is 2.45. The number of aliphatic carboxylic acids is 1. The minimum absolute atomic E-state index is 0.102. The predicted molar refractivity (Wildman–Crippen MR) is 99.3 cm³/mol. The van der Waals surface area contributed by atoms with E-state index in [1.165, 1.54) is 12.8 Å². The molecule has 0 amide bonds. The highest BCUT2D eigenvalue weighted by molar-refractivity contribution is 5.67. The first-order valence-corrected chi connectivity index (χ1v) is 9.59. The summed E-state index contributed by atoms with van der Waals surface area (Å²) in [5.74, 6) is -0.706. The van der Waals surface area contributed by atoms with E-state index in [1.54, 1.807) is 0 Å². The summed E-state index contributed by atoms with van der Waals surface area (Å²) >= 11 is 0. The molecule has 4 heteroatoms. The zero-order valence-corrected chi connectivity index (χ0v) is 16.4. The SMILES string of the molecule is CC(C)(CCCO)CCCCOCCCCCC(C)(C)CC(=O)O. The second kappa shape index (κ2) is 12.7. The highest BCUT2D eigenvalue weighted by atomic mass is 16.5. The highest BCUT2D eigenvalue weighted by Gasteiger charge is 2.20. The van der Waals surface area contributed by atoms with Gasteiger partial charge in [-0.25, -0.2) is 0 Å². The maximum absolute atomic E-state index is 10.8. The van der Waals surface area contributed by atoms with Gasteiger partial charge in [0.2, 0.25) is 0 Å². The summed E-state index contributed by atoms with van der Waals surface area (Å²) in [4.78, 5) is 10.8. The van der Waals surface area contributed by atoms with Gasteiger partial charge in [0.25, 0.3) is 0 Å². The molecule has 0 aromatic carbocycles. The molecule has 0 bridgehead atoms. The minimum atomic E-state index is -0.706. The number of carboxylic acid groups (broad SMARTS) is 1. The van der Waals surface area contributed by atoms with Crippen LogP contribution in [0.1, 0.15) is 91.9 Å². The largest absolute Gasteiger partial charge is 0.481 e. The van der Waals surface area contributed by atoms with E-state index < -0.39 is 5.97 Å². The summed E-state index contributed by atoms with van der Waals surface area (Å²) in [6.45, 7) is 10.5. The number of rotatable bonds is 16. The molecule has 0 aromatic heterocycles. The number of hydrogen-bond acceptors (Lipinski definition) is 3. The number of unbranched alkanes of at least 4 members (excludes halogenated alkanes) is 3. The van der Waals surface area contributed by atoms with E-state index in [2.05, 4.69) is 13.8 Å². The van der Waals surface area contributed by atoms with E-state index in [0.717, 1.165) is 58.2 Å². The molecule has 0 atom stereocenters. The van der Waals surface area contributed by atoms with Crippen LogP contribution in [-0.2, 0) is 9.53 Å². The van der Waals surface area contributed by atoms with Gasteiger partial charge in [-0.2, -0.15) is 0 Å². The van der Waals surface area contributed by atoms with Gasteiger partial charge in [0.1, 0.15) is 0 Å². The maximum atomic E-state index is 10.8. The number of ether oxygens (including phenoxy) is 1. The van der Waals surface area contributed by atoms with E-state index in [1.807, 2.05) is 13.8 Å². The lowest BCUT2D eigenvalue weighted by atomic mass is 9.83. The molecule has 0 fully saturated rings. The van der Waals surface area contributed by atoms with Crippen LogP contribution < -0.4 is 0 Å². The van der Waals surface area contributed by atoms with Crippen LogP contribution in [0.25, 0.3) is 0 Å². The summed E-state index contributed by atoms with van der Waals surface area (Å²) in [6, 6.07) is 0. The Morgan fingerprint density at radius 3 is 1.88 bits per heavy atom. The van der Waals surface area contributed by atoms with Crippen molar-refractivity contribution in [1.29, 1.82) is 0 Å². The fourth-order valence-electron chi connectivity index (χ4n) is 3.07. The molecule has 4 nitrogen and oxygen atoms in total. The Morgan fingerprint density at radius 1 is 0.792 bits per heavy atom. The molecular weight excluding hydrogens is 304 g/mol. The Kier molecular flexibility index (Phi) is 12.4. The van der Waals surface area contributed by atoms with E-state index in [4.69, 9.17) is 14.9 Å². The average molecular weight is 345 g/mol. The van der Waals surface area contributed by atoms with Gasteiger partial charge in [-0.15, -0.1) is 0 Å². The molecule has 0 aromatic rings. The number of aliphatic hydroxyl groups is 1. The summed E-state index contributed by atoms with van der Waals surface area (Å²) in [5, 5.41) is 17.8. The lowest BCUT2D eigenvalue weighted by Crippen LogP contribution is -2.16. The molecule has 0 radical (unpaired) electrons. The number of carbonyl (C=O) groups is 1. The lowest BCUT2D eigenvalue weighted by Gasteiger charge is -2.24. The Labute approximate surface area is 149 Å². The Hall–Kier alpha value is -0.610. The molecule has 2 N–H and O–H groups in total. The highest BCUT2D eigenvalue weighted by Crippen LogP contribution is 2.29. The third kappa shape index (κ3) is 14.9. The molecule has 24 heavy (non-hydrogen) atoms. The summed E-state index contributed by atoms with van der Waals surface area (Å²) in [7, 11) is 0. The molecule has 0 unspecified atom stereocenters. The molecule has 0 aliphatic rings. The van der Waals surface area contributed by atoms with Crippen LogP contribution in [0, 0.1) is 10.8 Å².